The van der Waals surface area contributed by atoms with E-state index in [1.165, 1.54) is 0 Å². The topological polar surface area (TPSA) is 139 Å². The molecule has 0 spiro atoms. The van der Waals surface area contributed by atoms with Crippen LogP contribution < -0.4 is 16.4 Å². The van der Waals surface area contributed by atoms with Gasteiger partial charge in [-0.2, -0.15) is 0 Å². The molecule has 0 unspecified atom stereocenters. The lowest BCUT2D eigenvalue weighted by molar-refractivity contribution is -0.252. The van der Waals surface area contributed by atoms with Crippen molar-refractivity contribution in [3.63, 3.8) is 0 Å². The molecule has 3 aromatic carbocycles. The fourth-order valence-corrected chi connectivity index (χ4v) is 5.80. The number of aliphatic hydroxyl groups excluding tert-OH is 1. The van der Waals surface area contributed by atoms with Gasteiger partial charge >= 0.3 is 0 Å². The average Bonchev–Trinajstić information content (AvgIpc) is 3.13. The van der Waals surface area contributed by atoms with E-state index in [2.05, 4.69) is 27.6 Å². The van der Waals surface area contributed by atoms with Crippen LogP contribution in [0.15, 0.2) is 97.2 Å². The zero-order valence-electron chi connectivity index (χ0n) is 28.1. The first-order valence-corrected chi connectivity index (χ1v) is 16.9. The Morgan fingerprint density at radius 3 is 2.29 bits per heavy atom. The minimum absolute atomic E-state index is 0.00178. The number of amides is 2. The molecule has 1 aliphatic rings. The number of benzene rings is 3. The van der Waals surface area contributed by atoms with Crippen LogP contribution in [0.25, 0.3) is 0 Å². The fraction of sp³-hybridized carbons (Fsp3) is 0.359. The molecule has 2 heterocycles. The predicted octanol–water partition coefficient (Wildman–Crippen LogP) is 5.69. The Balaban J connectivity index is 1.11. The van der Waals surface area contributed by atoms with Crippen molar-refractivity contribution in [2.75, 3.05) is 31.2 Å². The van der Waals surface area contributed by atoms with Gasteiger partial charge in [0.2, 0.25) is 11.8 Å². The van der Waals surface area contributed by atoms with Gasteiger partial charge in [0.1, 0.15) is 0 Å². The van der Waals surface area contributed by atoms with E-state index < -0.39 is 6.29 Å². The molecule has 0 bridgehead atoms. The van der Waals surface area contributed by atoms with Crippen molar-refractivity contribution in [3.05, 3.63) is 125 Å². The van der Waals surface area contributed by atoms with Crippen LogP contribution >= 0.6 is 0 Å². The Bertz CT molecular complexity index is 1620. The van der Waals surface area contributed by atoms with Gasteiger partial charge in [0.25, 0.3) is 0 Å². The predicted molar refractivity (Wildman–Crippen MR) is 190 cm³/mol. The summed E-state index contributed by atoms with van der Waals surface area (Å²) < 4.78 is 13.0. The standard InChI is InChI=1S/C39H47N5O5/c1-44(23-21-32-8-6-7-22-41-32)26-33-24-36(30-17-15-29(27-45)16-18-30)49-39(48-33)31-19-13-28(14-20-31)25-42-37(46)11-4-5-12-38(47)43-35-10-3-2-9-34(35)40/h2-3,6-10,13-20,22,33,36,39,45H,4-5,11-12,21,23-27,40H2,1H3,(H,42,46)(H,43,47)/t33-,36+,39+/m0/s1. The lowest BCUT2D eigenvalue weighted by atomic mass is 9.99. The maximum Gasteiger partial charge on any atom is 0.224 e. The van der Waals surface area contributed by atoms with Gasteiger partial charge in [-0.25, -0.2) is 0 Å². The van der Waals surface area contributed by atoms with Crippen LogP contribution in [0.2, 0.25) is 0 Å². The number of hydrogen-bond donors (Lipinski definition) is 4. The molecule has 5 rings (SSSR count). The quantitative estimate of drug-likeness (QED) is 0.0885. The monoisotopic (exact) mass is 665 g/mol. The van der Waals surface area contributed by atoms with Crippen LogP contribution in [-0.2, 0) is 38.6 Å². The van der Waals surface area contributed by atoms with Gasteiger partial charge in [0, 0.05) is 62.8 Å². The van der Waals surface area contributed by atoms with E-state index in [1.54, 1.807) is 12.1 Å². The van der Waals surface area contributed by atoms with Gasteiger partial charge in [-0.15, -0.1) is 0 Å². The highest BCUT2D eigenvalue weighted by Gasteiger charge is 2.32. The Morgan fingerprint density at radius 1 is 0.878 bits per heavy atom. The maximum absolute atomic E-state index is 12.5. The van der Waals surface area contributed by atoms with Gasteiger partial charge in [-0.3, -0.25) is 14.6 Å². The summed E-state index contributed by atoms with van der Waals surface area (Å²) in [6.45, 7) is 2.01. The summed E-state index contributed by atoms with van der Waals surface area (Å²) in [6, 6.07) is 29.0. The van der Waals surface area contributed by atoms with Crippen molar-refractivity contribution in [3.8, 4) is 0 Å². The number of hydrogen-bond acceptors (Lipinski definition) is 8. The second-order valence-electron chi connectivity index (χ2n) is 12.5. The molecule has 4 aromatic rings. The largest absolute Gasteiger partial charge is 0.397 e. The zero-order valence-corrected chi connectivity index (χ0v) is 28.1. The number of aromatic nitrogens is 1. The normalized spacial score (nSPS) is 17.5. The number of ether oxygens (including phenoxy) is 2. The number of unbranched alkanes of at least 4 members (excludes halogenated alkanes) is 1. The van der Waals surface area contributed by atoms with Gasteiger partial charge in [0.15, 0.2) is 6.29 Å². The lowest BCUT2D eigenvalue weighted by Gasteiger charge is -2.38. The lowest BCUT2D eigenvalue weighted by Crippen LogP contribution is -2.38. The Kier molecular flexibility index (Phi) is 13.3. The molecule has 258 valence electrons. The molecule has 0 aliphatic carbocycles. The Morgan fingerprint density at radius 2 is 1.57 bits per heavy atom. The zero-order chi connectivity index (χ0) is 34.4. The van der Waals surface area contributed by atoms with Crippen molar-refractivity contribution in [1.29, 1.82) is 0 Å². The van der Waals surface area contributed by atoms with E-state index >= 15 is 0 Å². The third-order valence-electron chi connectivity index (χ3n) is 8.64. The van der Waals surface area contributed by atoms with Crippen molar-refractivity contribution < 1.29 is 24.2 Å². The molecule has 3 atom stereocenters. The minimum atomic E-state index is -0.551. The molecule has 0 saturated carbocycles. The van der Waals surface area contributed by atoms with Crippen molar-refractivity contribution >= 4 is 23.2 Å². The van der Waals surface area contributed by atoms with E-state index in [9.17, 15) is 14.7 Å². The van der Waals surface area contributed by atoms with E-state index in [0.717, 1.165) is 47.5 Å². The van der Waals surface area contributed by atoms with Crippen LogP contribution in [0.4, 0.5) is 11.4 Å². The molecule has 1 fully saturated rings. The summed E-state index contributed by atoms with van der Waals surface area (Å²) in [5.41, 5.74) is 11.9. The molecule has 10 heteroatoms. The number of para-hydroxylation sites is 2. The number of aliphatic hydroxyl groups is 1. The highest BCUT2D eigenvalue weighted by molar-refractivity contribution is 5.93. The molecular formula is C39H47N5O5. The number of nitrogens with one attached hydrogen (secondary N) is 2. The van der Waals surface area contributed by atoms with Crippen LogP contribution in [0.1, 0.15) is 72.4 Å². The molecule has 1 aromatic heterocycles. The second-order valence-corrected chi connectivity index (χ2v) is 12.5. The number of carbonyl (C=O) groups is 2. The summed E-state index contributed by atoms with van der Waals surface area (Å²) in [6.07, 6.45) is 4.51. The van der Waals surface area contributed by atoms with Gasteiger partial charge in [-0.05, 0) is 60.8 Å². The van der Waals surface area contributed by atoms with Crippen LogP contribution in [0.5, 0.6) is 0 Å². The highest BCUT2D eigenvalue weighted by atomic mass is 16.7. The molecule has 5 N–H and O–H groups in total. The molecule has 0 radical (unpaired) electrons. The minimum Gasteiger partial charge on any atom is -0.397 e. The smallest absolute Gasteiger partial charge is 0.224 e. The van der Waals surface area contributed by atoms with Gasteiger partial charge in [-0.1, -0.05) is 66.7 Å². The highest BCUT2D eigenvalue weighted by Crippen LogP contribution is 2.38. The number of rotatable bonds is 16. The molecule has 2 amide bonds. The molecular weight excluding hydrogens is 618 g/mol. The van der Waals surface area contributed by atoms with Gasteiger partial charge in [0.05, 0.1) is 30.2 Å². The van der Waals surface area contributed by atoms with Gasteiger partial charge < -0.3 is 35.8 Å². The fourth-order valence-electron chi connectivity index (χ4n) is 5.80. The van der Waals surface area contributed by atoms with Crippen LogP contribution in [0.3, 0.4) is 0 Å². The summed E-state index contributed by atoms with van der Waals surface area (Å²) in [7, 11) is 2.10. The van der Waals surface area contributed by atoms with Crippen LogP contribution in [-0.4, -0.2) is 53.0 Å². The number of likely N-dealkylation sites (N-methyl/N-ethyl adjacent to an activating group) is 1. The first-order chi connectivity index (χ1) is 23.9. The Labute approximate surface area is 288 Å². The number of nitrogen functional groups attached to an aromatic ring is 1. The third-order valence-corrected chi connectivity index (χ3v) is 8.64. The number of nitrogens with zero attached hydrogens (tertiary/aromatic N) is 2. The van der Waals surface area contributed by atoms with E-state index in [4.69, 9.17) is 15.2 Å². The van der Waals surface area contributed by atoms with E-state index in [1.807, 2.05) is 85.1 Å². The average molecular weight is 666 g/mol. The number of pyridine rings is 1. The third kappa shape index (κ3) is 11.2. The summed E-state index contributed by atoms with van der Waals surface area (Å²) in [4.78, 5) is 31.4. The SMILES string of the molecule is CN(CCc1ccccn1)C[C@@H]1C[C@H](c2ccc(CO)cc2)O[C@H](c2ccc(CNC(=O)CCCCC(=O)Nc3ccccc3N)cc2)O1. The van der Waals surface area contributed by atoms with E-state index in [-0.39, 0.29) is 30.6 Å². The second kappa shape index (κ2) is 18.2. The summed E-state index contributed by atoms with van der Waals surface area (Å²) in [5, 5.41) is 15.3. The number of nitrogens with two attached hydrogens (primary N) is 1. The first kappa shape index (κ1) is 35.7. The van der Waals surface area contributed by atoms with Crippen LogP contribution in [0, 0.1) is 0 Å². The Hall–Kier alpha value is -4.61. The molecule has 1 aliphatic heterocycles. The summed E-state index contributed by atoms with van der Waals surface area (Å²) >= 11 is 0. The molecule has 1 saturated heterocycles. The van der Waals surface area contributed by atoms with Crippen molar-refractivity contribution in [2.45, 2.75) is 70.2 Å². The first-order valence-electron chi connectivity index (χ1n) is 16.9. The maximum atomic E-state index is 12.5. The summed E-state index contributed by atoms with van der Waals surface area (Å²) in [5.74, 6) is -0.171. The number of carbonyl (C=O) groups excluding carboxylic acids is 2. The van der Waals surface area contributed by atoms with Crippen molar-refractivity contribution in [1.82, 2.24) is 15.2 Å². The van der Waals surface area contributed by atoms with E-state index in [0.29, 0.717) is 50.0 Å². The molecule has 10 nitrogen and oxygen atoms in total. The van der Waals surface area contributed by atoms with Crippen molar-refractivity contribution in [2.24, 2.45) is 0 Å². The number of anilines is 2. The molecule has 49 heavy (non-hydrogen) atoms.